The van der Waals surface area contributed by atoms with Crippen LogP contribution in [0.3, 0.4) is 0 Å². The Labute approximate surface area is 177 Å². The molecule has 2 amide bonds. The molecule has 0 spiro atoms. The summed E-state index contributed by atoms with van der Waals surface area (Å²) < 4.78 is 5.43. The normalized spacial score (nSPS) is 18.1. The highest BCUT2D eigenvalue weighted by molar-refractivity contribution is 5.76. The zero-order valence-electron chi connectivity index (χ0n) is 17.5. The molecule has 1 aliphatic heterocycles. The monoisotopic (exact) mass is 416 g/mol. The lowest BCUT2D eigenvalue weighted by Crippen LogP contribution is -2.47. The second-order valence-electron chi connectivity index (χ2n) is 8.44. The Morgan fingerprint density at radius 3 is 2.30 bits per heavy atom. The number of rotatable bonds is 7. The molecule has 164 valence electrons. The van der Waals surface area contributed by atoms with E-state index < -0.39 is 5.97 Å². The molecule has 0 atom stereocenters. The highest BCUT2D eigenvalue weighted by atomic mass is 16.6. The first kappa shape index (κ1) is 22.1. The van der Waals surface area contributed by atoms with E-state index in [-0.39, 0.29) is 24.5 Å². The predicted octanol–water partition coefficient (Wildman–Crippen LogP) is 3.75. The maximum absolute atomic E-state index is 12.4. The third kappa shape index (κ3) is 7.04. The maximum atomic E-state index is 12.4. The highest BCUT2D eigenvalue weighted by Crippen LogP contribution is 2.26. The van der Waals surface area contributed by atoms with Gasteiger partial charge in [0.15, 0.2) is 0 Å². The van der Waals surface area contributed by atoms with Gasteiger partial charge in [0.2, 0.25) is 5.91 Å². The lowest BCUT2D eigenvalue weighted by Gasteiger charge is -2.32. The van der Waals surface area contributed by atoms with Gasteiger partial charge in [-0.25, -0.2) is 4.79 Å². The van der Waals surface area contributed by atoms with Gasteiger partial charge in [0.05, 0.1) is 0 Å². The van der Waals surface area contributed by atoms with Gasteiger partial charge in [-0.3, -0.25) is 9.59 Å². The molecule has 1 aromatic carbocycles. The summed E-state index contributed by atoms with van der Waals surface area (Å²) >= 11 is 0. The number of ether oxygens (including phenoxy) is 1. The largest absolute Gasteiger partial charge is 0.481 e. The van der Waals surface area contributed by atoms with Crippen LogP contribution in [0, 0.1) is 5.92 Å². The first-order valence-electron chi connectivity index (χ1n) is 11.1. The molecule has 2 N–H and O–H groups in total. The number of hydrogen-bond donors (Lipinski definition) is 2. The summed E-state index contributed by atoms with van der Waals surface area (Å²) in [6.45, 7) is 1.12. The van der Waals surface area contributed by atoms with Crippen molar-refractivity contribution in [1.82, 2.24) is 10.2 Å². The average Bonchev–Trinajstić information content (AvgIpc) is 2.74. The molecule has 7 nitrogen and oxygen atoms in total. The number of likely N-dealkylation sites (tertiary alicyclic amines) is 1. The van der Waals surface area contributed by atoms with Crippen LogP contribution in [0.25, 0.3) is 0 Å². The molecule has 1 aliphatic carbocycles. The molecular weight excluding hydrogens is 384 g/mol. The lowest BCUT2D eigenvalue weighted by atomic mass is 9.86. The quantitative estimate of drug-likeness (QED) is 0.706. The van der Waals surface area contributed by atoms with Crippen LogP contribution < -0.4 is 10.1 Å². The van der Waals surface area contributed by atoms with Crippen molar-refractivity contribution in [2.45, 2.75) is 70.3 Å². The molecule has 0 bridgehead atoms. The summed E-state index contributed by atoms with van der Waals surface area (Å²) in [5, 5.41) is 11.9. The molecule has 0 unspecified atom stereocenters. The zero-order chi connectivity index (χ0) is 21.3. The van der Waals surface area contributed by atoms with Gasteiger partial charge < -0.3 is 20.1 Å². The number of nitrogens with one attached hydrogen (secondary N) is 1. The summed E-state index contributed by atoms with van der Waals surface area (Å²) in [6.07, 6.45) is 8.34. The minimum Gasteiger partial charge on any atom is -0.481 e. The number of hydrogen-bond acceptors (Lipinski definition) is 4. The summed E-state index contributed by atoms with van der Waals surface area (Å²) in [5.74, 6) is 0.288. The van der Waals surface area contributed by atoms with Crippen LogP contribution in [0.5, 0.6) is 5.75 Å². The summed E-state index contributed by atoms with van der Waals surface area (Å²) in [4.78, 5) is 37.0. The van der Waals surface area contributed by atoms with Crippen molar-refractivity contribution < 1.29 is 24.2 Å². The van der Waals surface area contributed by atoms with Crippen LogP contribution in [0.1, 0.15) is 63.4 Å². The van der Waals surface area contributed by atoms with Crippen LogP contribution in [-0.2, 0) is 16.0 Å². The van der Waals surface area contributed by atoms with Crippen molar-refractivity contribution in [3.8, 4) is 5.75 Å². The Kier molecular flexibility index (Phi) is 8.11. The van der Waals surface area contributed by atoms with Crippen LogP contribution in [0.4, 0.5) is 4.79 Å². The minimum absolute atomic E-state index is 0.0747. The fourth-order valence-corrected chi connectivity index (χ4v) is 4.29. The summed E-state index contributed by atoms with van der Waals surface area (Å²) in [7, 11) is 0. The van der Waals surface area contributed by atoms with Gasteiger partial charge in [-0.2, -0.15) is 0 Å². The van der Waals surface area contributed by atoms with Gasteiger partial charge in [0.25, 0.3) is 0 Å². The highest BCUT2D eigenvalue weighted by Gasteiger charge is 2.26. The van der Waals surface area contributed by atoms with E-state index in [1.54, 1.807) is 29.2 Å². The van der Waals surface area contributed by atoms with Crippen molar-refractivity contribution in [3.05, 3.63) is 29.8 Å². The Morgan fingerprint density at radius 2 is 1.67 bits per heavy atom. The number of carbonyl (C=O) groups is 3. The van der Waals surface area contributed by atoms with E-state index >= 15 is 0 Å². The fourth-order valence-electron chi connectivity index (χ4n) is 4.29. The SMILES string of the molecule is O=C(O)CCc1ccc(OC(=O)N2CCC(NC(=O)CC3CCCCC3)CC2)cc1. The maximum Gasteiger partial charge on any atom is 0.415 e. The Morgan fingerprint density at radius 1 is 1.00 bits per heavy atom. The van der Waals surface area contributed by atoms with Gasteiger partial charge in [0.1, 0.15) is 5.75 Å². The summed E-state index contributed by atoms with van der Waals surface area (Å²) in [5.41, 5.74) is 0.891. The van der Waals surface area contributed by atoms with Crippen molar-refractivity contribution in [1.29, 1.82) is 0 Å². The number of piperidine rings is 1. The first-order valence-corrected chi connectivity index (χ1v) is 11.1. The molecule has 1 aromatic rings. The fraction of sp³-hybridized carbons (Fsp3) is 0.609. The molecule has 2 fully saturated rings. The third-order valence-corrected chi connectivity index (χ3v) is 6.07. The number of nitrogens with zero attached hydrogens (tertiary/aromatic N) is 1. The topological polar surface area (TPSA) is 95.9 Å². The predicted molar refractivity (Wildman–Crippen MR) is 112 cm³/mol. The molecular formula is C23H32N2O5. The Hall–Kier alpha value is -2.57. The Bertz CT molecular complexity index is 720. The van der Waals surface area contributed by atoms with Crippen molar-refractivity contribution >= 4 is 18.0 Å². The van der Waals surface area contributed by atoms with Gasteiger partial charge in [-0.1, -0.05) is 31.4 Å². The van der Waals surface area contributed by atoms with E-state index in [0.717, 1.165) is 31.2 Å². The van der Waals surface area contributed by atoms with Crippen LogP contribution in [0.2, 0.25) is 0 Å². The van der Waals surface area contributed by atoms with Gasteiger partial charge in [0, 0.05) is 32.0 Å². The second kappa shape index (κ2) is 11.0. The van der Waals surface area contributed by atoms with Crippen molar-refractivity contribution in [3.63, 3.8) is 0 Å². The number of aryl methyl sites for hydroxylation is 1. The van der Waals surface area contributed by atoms with Crippen molar-refractivity contribution in [2.24, 2.45) is 5.92 Å². The average molecular weight is 417 g/mol. The first-order chi connectivity index (χ1) is 14.5. The molecule has 30 heavy (non-hydrogen) atoms. The molecule has 0 aromatic heterocycles. The van der Waals surface area contributed by atoms with Crippen molar-refractivity contribution in [2.75, 3.05) is 13.1 Å². The molecule has 1 saturated heterocycles. The smallest absolute Gasteiger partial charge is 0.415 e. The molecule has 1 saturated carbocycles. The molecule has 1 heterocycles. The van der Waals surface area contributed by atoms with Crippen LogP contribution in [-0.4, -0.2) is 47.1 Å². The van der Waals surface area contributed by atoms with E-state index in [0.29, 0.717) is 37.6 Å². The van der Waals surface area contributed by atoms with Crippen LogP contribution in [0.15, 0.2) is 24.3 Å². The van der Waals surface area contributed by atoms with E-state index in [9.17, 15) is 14.4 Å². The van der Waals surface area contributed by atoms with E-state index in [2.05, 4.69) is 5.32 Å². The molecule has 7 heteroatoms. The third-order valence-electron chi connectivity index (χ3n) is 6.07. The molecule has 2 aliphatic rings. The van der Waals surface area contributed by atoms with Crippen LogP contribution >= 0.6 is 0 Å². The number of amides is 2. The minimum atomic E-state index is -0.834. The standard InChI is InChI=1S/C23H32N2O5/c26-21(16-18-4-2-1-3-5-18)24-19-12-14-25(15-13-19)23(29)30-20-9-6-17(7-10-20)8-11-22(27)28/h6-7,9-10,18-19H,1-5,8,11-16H2,(H,24,26)(H,27,28). The lowest BCUT2D eigenvalue weighted by molar-refractivity contribution is -0.137. The van der Waals surface area contributed by atoms with E-state index in [1.807, 2.05) is 0 Å². The Balaban J connectivity index is 1.37. The summed E-state index contributed by atoms with van der Waals surface area (Å²) in [6, 6.07) is 7.05. The van der Waals surface area contributed by atoms with Gasteiger partial charge in [-0.05, 0) is 55.7 Å². The second-order valence-corrected chi connectivity index (χ2v) is 8.44. The molecule has 0 radical (unpaired) electrons. The number of carbonyl (C=O) groups excluding carboxylic acids is 2. The van der Waals surface area contributed by atoms with E-state index in [4.69, 9.17) is 9.84 Å². The molecule has 3 rings (SSSR count). The number of carboxylic acids is 1. The zero-order valence-corrected chi connectivity index (χ0v) is 17.5. The number of benzene rings is 1. The van der Waals surface area contributed by atoms with Gasteiger partial charge in [-0.15, -0.1) is 0 Å². The number of aliphatic carboxylic acids is 1. The van der Waals surface area contributed by atoms with Gasteiger partial charge >= 0.3 is 12.1 Å². The van der Waals surface area contributed by atoms with E-state index in [1.165, 1.54) is 19.3 Å². The number of carboxylic acid groups (broad SMARTS) is 1.